The average molecular weight is 58.1 g/mol. The molecule has 0 aromatic heterocycles. The normalized spacial score (nSPS) is 10.8. The quantitative estimate of drug-likeness (QED) is 0.429. The monoisotopic (exact) mass is 58.1 g/mol. The maximum atomic E-state index is 6.56. The Morgan fingerprint density at radius 3 is 3.00 bits per heavy atom. The summed E-state index contributed by atoms with van der Waals surface area (Å²) in [7, 11) is 0. The van der Waals surface area contributed by atoms with E-state index < -0.39 is 0 Å². The molecule has 0 atom stereocenters. The number of rotatable bonds is 1. The molecule has 0 saturated heterocycles. The zero-order valence-electron chi connectivity index (χ0n) is 3.83. The van der Waals surface area contributed by atoms with Crippen LogP contribution in [0.1, 0.15) is 21.1 Å². The number of hydrogen-bond acceptors (Lipinski definition) is 0. The van der Waals surface area contributed by atoms with Gasteiger partial charge in [-0.2, -0.15) is 0 Å². The molecule has 0 aliphatic carbocycles. The van der Waals surface area contributed by atoms with Gasteiger partial charge in [0.2, 0.25) is 0 Å². The van der Waals surface area contributed by atoms with E-state index in [1.807, 2.05) is 0 Å². The SMILES string of the molecule is [2H]CCC[CH2]. The Morgan fingerprint density at radius 2 is 3.00 bits per heavy atom. The van der Waals surface area contributed by atoms with Crippen LogP contribution in [0.4, 0.5) is 0 Å². The minimum Gasteiger partial charge on any atom is -0.0654 e. The Balaban J connectivity index is 2.19. The Kier molecular flexibility index (Phi) is 1.69. The van der Waals surface area contributed by atoms with Crippen LogP contribution in [0.3, 0.4) is 0 Å². The summed E-state index contributed by atoms with van der Waals surface area (Å²) in [4.78, 5) is 0. The lowest BCUT2D eigenvalue weighted by Crippen LogP contribution is -1.48. The van der Waals surface area contributed by atoms with E-state index in [4.69, 9.17) is 1.37 Å². The molecule has 0 bridgehead atoms. The van der Waals surface area contributed by atoms with Crippen LogP contribution in [-0.2, 0) is 0 Å². The van der Waals surface area contributed by atoms with E-state index in [1.165, 1.54) is 0 Å². The van der Waals surface area contributed by atoms with Gasteiger partial charge in [-0.1, -0.05) is 26.7 Å². The highest BCUT2D eigenvalue weighted by atomic mass is 13.6. The van der Waals surface area contributed by atoms with E-state index in [-0.39, 0.29) is 0 Å². The van der Waals surface area contributed by atoms with Crippen LogP contribution < -0.4 is 0 Å². The molecule has 0 aliphatic rings. The molecular formula is C4H9. The molecule has 4 heavy (non-hydrogen) atoms. The third kappa shape index (κ3) is 2.00. The predicted molar refractivity (Wildman–Crippen MR) is 20.3 cm³/mol. The third-order valence-corrected chi connectivity index (χ3v) is 0.250. The van der Waals surface area contributed by atoms with Crippen molar-refractivity contribution in [1.82, 2.24) is 0 Å². The second-order valence-corrected chi connectivity index (χ2v) is 0.707. The number of unbranched alkanes of at least 4 members (excludes halogenated alkanes) is 1. The van der Waals surface area contributed by atoms with Crippen LogP contribution in [0.2, 0.25) is 0 Å². The van der Waals surface area contributed by atoms with Gasteiger partial charge < -0.3 is 0 Å². The fourth-order valence-electron chi connectivity index (χ4n) is 0. The van der Waals surface area contributed by atoms with Crippen molar-refractivity contribution >= 4 is 0 Å². The van der Waals surface area contributed by atoms with Gasteiger partial charge in [-0.05, 0) is 0 Å². The molecule has 0 aliphatic heterocycles. The van der Waals surface area contributed by atoms with E-state index in [9.17, 15) is 0 Å². The Morgan fingerprint density at radius 1 is 2.25 bits per heavy atom. The molecule has 0 saturated carbocycles. The van der Waals surface area contributed by atoms with E-state index >= 15 is 0 Å². The molecule has 0 unspecified atom stereocenters. The van der Waals surface area contributed by atoms with E-state index in [1.54, 1.807) is 0 Å². The summed E-state index contributed by atoms with van der Waals surface area (Å²) in [5, 5.41) is 0. The van der Waals surface area contributed by atoms with Gasteiger partial charge in [-0.15, -0.1) is 0 Å². The summed E-state index contributed by atoms with van der Waals surface area (Å²) < 4.78 is 6.56. The average Bonchev–Trinajstić information content (AvgIpc) is 1.41. The highest BCUT2D eigenvalue weighted by molar-refractivity contribution is 4.29. The first-order valence-corrected chi connectivity index (χ1v) is 1.50. The molecule has 0 nitrogen and oxygen atoms in total. The van der Waals surface area contributed by atoms with Crippen molar-refractivity contribution in [2.45, 2.75) is 19.7 Å². The molecule has 1 radical (unpaired) electrons. The highest BCUT2D eigenvalue weighted by Crippen LogP contribution is 1.75. The lowest BCUT2D eigenvalue weighted by atomic mass is 10.4. The first-order chi connectivity index (χ1) is 2.41. The summed E-state index contributed by atoms with van der Waals surface area (Å²) in [6.45, 7) is 4.09. The van der Waals surface area contributed by atoms with Gasteiger partial charge in [0.25, 0.3) is 0 Å². The van der Waals surface area contributed by atoms with Crippen LogP contribution in [0.25, 0.3) is 0 Å². The molecule has 0 heterocycles. The van der Waals surface area contributed by atoms with Gasteiger partial charge in [-0.3, -0.25) is 0 Å². The van der Waals surface area contributed by atoms with Crippen LogP contribution in [-0.4, -0.2) is 0 Å². The Labute approximate surface area is 29.2 Å². The van der Waals surface area contributed by atoms with Gasteiger partial charge in [-0.25, -0.2) is 0 Å². The molecule has 0 spiro atoms. The minimum absolute atomic E-state index is 0.531. The van der Waals surface area contributed by atoms with Crippen LogP contribution in [0.5, 0.6) is 0 Å². The highest BCUT2D eigenvalue weighted by Gasteiger charge is 1.56. The predicted octanol–water partition coefficient (Wildman–Crippen LogP) is 1.62. The molecular weight excluding hydrogens is 48.0 g/mol. The molecule has 0 aromatic rings. The maximum absolute atomic E-state index is 6.56. The standard InChI is InChI=1S/C4H9/c1-3-4-2/h1,3-4H2,2H3/i2D. The van der Waals surface area contributed by atoms with Crippen LogP contribution >= 0.6 is 0 Å². The summed E-state index contributed by atoms with van der Waals surface area (Å²) in [5.74, 6) is 0. The first-order valence-electron chi connectivity index (χ1n) is 2.21. The Hall–Kier alpha value is 0. The molecule has 0 amide bonds. The molecule has 0 aromatic carbocycles. The van der Waals surface area contributed by atoms with E-state index in [0.29, 0.717) is 6.90 Å². The minimum atomic E-state index is 0.531. The maximum Gasteiger partial charge on any atom is 0.0230 e. The Bertz CT molecular complexity index is 11.1. The fraction of sp³-hybridized carbons (Fsp3) is 0.750. The zero-order chi connectivity index (χ0) is 4.12. The lowest BCUT2D eigenvalue weighted by Gasteiger charge is -1.67. The smallest absolute Gasteiger partial charge is 0.0230 e. The largest absolute Gasteiger partial charge is 0.0654 e. The van der Waals surface area contributed by atoms with Gasteiger partial charge in [0, 0.05) is 1.37 Å². The topological polar surface area (TPSA) is 0 Å². The van der Waals surface area contributed by atoms with Crippen molar-refractivity contribution in [3.05, 3.63) is 6.92 Å². The molecule has 0 rings (SSSR count). The summed E-state index contributed by atoms with van der Waals surface area (Å²) in [6.07, 6.45) is 1.85. The van der Waals surface area contributed by atoms with Crippen molar-refractivity contribution in [3.8, 4) is 0 Å². The van der Waals surface area contributed by atoms with Crippen LogP contribution in [0, 0.1) is 6.92 Å². The zero-order valence-corrected chi connectivity index (χ0v) is 2.83. The molecule has 0 N–H and O–H groups in total. The van der Waals surface area contributed by atoms with Gasteiger partial charge in [0.15, 0.2) is 0 Å². The van der Waals surface area contributed by atoms with Crippen LogP contribution in [0.15, 0.2) is 0 Å². The summed E-state index contributed by atoms with van der Waals surface area (Å²) in [5.41, 5.74) is 0. The summed E-state index contributed by atoms with van der Waals surface area (Å²) in [6, 6.07) is 0. The molecule has 25 valence electrons. The number of hydrogen-bond donors (Lipinski definition) is 0. The lowest BCUT2D eigenvalue weighted by molar-refractivity contribution is 0.956. The van der Waals surface area contributed by atoms with Gasteiger partial charge in [0.05, 0.1) is 0 Å². The van der Waals surface area contributed by atoms with Crippen molar-refractivity contribution in [2.75, 3.05) is 0 Å². The molecule has 0 fully saturated rings. The summed E-state index contributed by atoms with van der Waals surface area (Å²) >= 11 is 0. The van der Waals surface area contributed by atoms with Gasteiger partial charge in [0.1, 0.15) is 0 Å². The van der Waals surface area contributed by atoms with Gasteiger partial charge >= 0.3 is 0 Å². The van der Waals surface area contributed by atoms with Crippen molar-refractivity contribution in [2.24, 2.45) is 0 Å². The van der Waals surface area contributed by atoms with Crippen molar-refractivity contribution < 1.29 is 1.37 Å². The first kappa shape index (κ1) is 2.25. The molecule has 0 heteroatoms. The van der Waals surface area contributed by atoms with E-state index in [0.717, 1.165) is 12.8 Å². The fourth-order valence-corrected chi connectivity index (χ4v) is 0. The second-order valence-electron chi connectivity index (χ2n) is 0.707. The third-order valence-electron chi connectivity index (χ3n) is 0.250. The second kappa shape index (κ2) is 3.00. The van der Waals surface area contributed by atoms with Crippen molar-refractivity contribution in [3.63, 3.8) is 0 Å². The van der Waals surface area contributed by atoms with Crippen molar-refractivity contribution in [1.29, 1.82) is 0 Å². The van der Waals surface area contributed by atoms with E-state index in [2.05, 4.69) is 6.92 Å².